The monoisotopic (exact) mass is 208 g/mol. The number of nitrogens with one attached hydrogen (secondary N) is 1. The molecule has 0 bridgehead atoms. The molecule has 0 atom stereocenters. The molecule has 1 rings (SSSR count). The number of hydrogen-bond donors (Lipinski definition) is 1. The Bertz CT molecular complexity index is 356. The van der Waals surface area contributed by atoms with E-state index in [1.807, 2.05) is 19.1 Å². The van der Waals surface area contributed by atoms with E-state index in [0.717, 1.165) is 5.56 Å². The van der Waals surface area contributed by atoms with Crippen molar-refractivity contribution in [3.05, 3.63) is 23.9 Å². The van der Waals surface area contributed by atoms with Crippen LogP contribution in [0.4, 0.5) is 5.82 Å². The van der Waals surface area contributed by atoms with Gasteiger partial charge < -0.3 is 4.84 Å². The average Bonchev–Trinajstić information content (AvgIpc) is 2.14. The second-order valence-electron chi connectivity index (χ2n) is 4.41. The largest absolute Gasteiger partial charge is 0.341 e. The third-order valence-electron chi connectivity index (χ3n) is 1.86. The Morgan fingerprint density at radius 3 is 2.67 bits per heavy atom. The topological polar surface area (TPSA) is 51.2 Å². The van der Waals surface area contributed by atoms with Crippen molar-refractivity contribution in [2.24, 2.45) is 5.41 Å². The Morgan fingerprint density at radius 1 is 1.47 bits per heavy atom. The Balaban J connectivity index is 2.59. The number of nitrogens with zero attached hydrogens (tertiary/aromatic N) is 1. The average molecular weight is 208 g/mol. The highest BCUT2D eigenvalue weighted by Crippen LogP contribution is 2.16. The van der Waals surface area contributed by atoms with Gasteiger partial charge in [0.15, 0.2) is 5.82 Å². The van der Waals surface area contributed by atoms with Crippen LogP contribution in [0.1, 0.15) is 26.3 Å². The highest BCUT2D eigenvalue weighted by Gasteiger charge is 2.23. The molecule has 1 heterocycles. The van der Waals surface area contributed by atoms with Crippen LogP contribution in [0.15, 0.2) is 18.3 Å². The van der Waals surface area contributed by atoms with Crippen molar-refractivity contribution in [3.63, 3.8) is 0 Å². The van der Waals surface area contributed by atoms with Gasteiger partial charge >= 0.3 is 5.97 Å². The molecular weight excluding hydrogens is 192 g/mol. The van der Waals surface area contributed by atoms with Crippen molar-refractivity contribution in [1.29, 1.82) is 0 Å². The molecule has 82 valence electrons. The molecule has 15 heavy (non-hydrogen) atoms. The molecule has 0 saturated carbocycles. The summed E-state index contributed by atoms with van der Waals surface area (Å²) in [7, 11) is 0. The van der Waals surface area contributed by atoms with Gasteiger partial charge in [0.25, 0.3) is 0 Å². The molecule has 0 amide bonds. The molecule has 0 aliphatic rings. The summed E-state index contributed by atoms with van der Waals surface area (Å²) >= 11 is 0. The number of aromatic nitrogens is 1. The molecule has 0 aliphatic carbocycles. The number of pyridine rings is 1. The van der Waals surface area contributed by atoms with Gasteiger partial charge in [-0.3, -0.25) is 0 Å². The minimum absolute atomic E-state index is 0.312. The van der Waals surface area contributed by atoms with Gasteiger partial charge in [-0.25, -0.2) is 15.3 Å². The Morgan fingerprint density at radius 2 is 2.13 bits per heavy atom. The fraction of sp³-hybridized carbons (Fsp3) is 0.455. The van der Waals surface area contributed by atoms with E-state index in [1.54, 1.807) is 27.0 Å². The van der Waals surface area contributed by atoms with Gasteiger partial charge in [-0.15, -0.1) is 0 Å². The van der Waals surface area contributed by atoms with Crippen LogP contribution >= 0.6 is 0 Å². The molecule has 0 unspecified atom stereocenters. The first-order valence-corrected chi connectivity index (χ1v) is 4.80. The van der Waals surface area contributed by atoms with Crippen LogP contribution in [0, 0.1) is 12.3 Å². The van der Waals surface area contributed by atoms with E-state index in [9.17, 15) is 4.79 Å². The normalized spacial score (nSPS) is 10.9. The van der Waals surface area contributed by atoms with Gasteiger partial charge in [0.05, 0.1) is 5.41 Å². The van der Waals surface area contributed by atoms with Crippen LogP contribution in [0.3, 0.4) is 0 Å². The Hall–Kier alpha value is -1.58. The molecule has 0 fully saturated rings. The number of hydrogen-bond acceptors (Lipinski definition) is 4. The molecule has 1 aromatic rings. The van der Waals surface area contributed by atoms with Crippen LogP contribution in [0.5, 0.6) is 0 Å². The zero-order valence-corrected chi connectivity index (χ0v) is 9.50. The van der Waals surface area contributed by atoms with Crippen molar-refractivity contribution < 1.29 is 9.63 Å². The Labute approximate surface area is 89.6 Å². The van der Waals surface area contributed by atoms with Crippen LogP contribution < -0.4 is 5.48 Å². The maximum Gasteiger partial charge on any atom is 0.337 e. The van der Waals surface area contributed by atoms with Crippen LogP contribution in [0.2, 0.25) is 0 Å². The van der Waals surface area contributed by atoms with Crippen molar-refractivity contribution in [3.8, 4) is 0 Å². The van der Waals surface area contributed by atoms with Crippen molar-refractivity contribution in [1.82, 2.24) is 4.98 Å². The van der Waals surface area contributed by atoms with E-state index in [1.165, 1.54) is 0 Å². The summed E-state index contributed by atoms with van der Waals surface area (Å²) < 4.78 is 0. The van der Waals surface area contributed by atoms with Crippen LogP contribution in [-0.4, -0.2) is 11.0 Å². The highest BCUT2D eigenvalue weighted by atomic mass is 16.7. The van der Waals surface area contributed by atoms with E-state index in [4.69, 9.17) is 4.84 Å². The predicted octanol–water partition coefficient (Wildman–Crippen LogP) is 2.31. The number of aryl methyl sites for hydroxylation is 1. The van der Waals surface area contributed by atoms with Gasteiger partial charge in [-0.05, 0) is 39.3 Å². The maximum atomic E-state index is 11.4. The van der Waals surface area contributed by atoms with Gasteiger partial charge in [0.2, 0.25) is 0 Å². The summed E-state index contributed by atoms with van der Waals surface area (Å²) in [6, 6.07) is 3.71. The third kappa shape index (κ3) is 3.23. The second-order valence-corrected chi connectivity index (χ2v) is 4.41. The molecule has 0 aromatic carbocycles. The molecule has 0 saturated heterocycles. The minimum atomic E-state index is -0.518. The standard InChI is InChI=1S/C11H16N2O2/c1-8-6-5-7-12-9(8)13-15-10(14)11(2,3)4/h5-7H,1-4H3,(H,12,13). The van der Waals surface area contributed by atoms with Crippen molar-refractivity contribution in [2.75, 3.05) is 5.48 Å². The van der Waals surface area contributed by atoms with Crippen LogP contribution in [0.25, 0.3) is 0 Å². The summed E-state index contributed by atoms with van der Waals surface area (Å²) in [6.45, 7) is 7.27. The molecule has 0 radical (unpaired) electrons. The molecule has 0 spiro atoms. The minimum Gasteiger partial charge on any atom is -0.341 e. The smallest absolute Gasteiger partial charge is 0.337 e. The number of rotatable bonds is 2. The van der Waals surface area contributed by atoms with Gasteiger partial charge in [-0.2, -0.15) is 0 Å². The van der Waals surface area contributed by atoms with Gasteiger partial charge in [0.1, 0.15) is 0 Å². The van der Waals surface area contributed by atoms with E-state index in [2.05, 4.69) is 10.5 Å². The first-order valence-electron chi connectivity index (χ1n) is 4.80. The molecular formula is C11H16N2O2. The summed E-state index contributed by atoms with van der Waals surface area (Å²) in [6.07, 6.45) is 1.64. The molecule has 0 aliphatic heterocycles. The summed E-state index contributed by atoms with van der Waals surface area (Å²) in [5, 5.41) is 0. The first kappa shape index (κ1) is 11.5. The molecule has 4 heteroatoms. The lowest BCUT2D eigenvalue weighted by atomic mass is 9.98. The van der Waals surface area contributed by atoms with Gasteiger partial charge in [0, 0.05) is 6.20 Å². The lowest BCUT2D eigenvalue weighted by Crippen LogP contribution is -2.25. The Kier molecular flexibility index (Phi) is 3.29. The highest BCUT2D eigenvalue weighted by molar-refractivity contribution is 5.76. The van der Waals surface area contributed by atoms with Crippen LogP contribution in [-0.2, 0) is 9.63 Å². The fourth-order valence-electron chi connectivity index (χ4n) is 0.840. The maximum absolute atomic E-state index is 11.4. The molecule has 4 nitrogen and oxygen atoms in total. The zero-order valence-electron chi connectivity index (χ0n) is 9.50. The lowest BCUT2D eigenvalue weighted by Gasteiger charge is -2.16. The predicted molar refractivity (Wildman–Crippen MR) is 58.1 cm³/mol. The summed E-state index contributed by atoms with van der Waals surface area (Å²) in [4.78, 5) is 20.4. The zero-order chi connectivity index (χ0) is 11.5. The fourth-order valence-corrected chi connectivity index (χ4v) is 0.840. The van der Waals surface area contributed by atoms with E-state index in [-0.39, 0.29) is 5.97 Å². The number of anilines is 1. The quantitative estimate of drug-likeness (QED) is 0.758. The first-order chi connectivity index (χ1) is 6.91. The summed E-state index contributed by atoms with van der Waals surface area (Å²) in [5.41, 5.74) is 2.97. The van der Waals surface area contributed by atoms with E-state index in [0.29, 0.717) is 5.82 Å². The molecule has 1 aromatic heterocycles. The number of carbonyl (C=O) groups is 1. The summed E-state index contributed by atoms with van der Waals surface area (Å²) in [5.74, 6) is 0.252. The van der Waals surface area contributed by atoms with Crippen molar-refractivity contribution in [2.45, 2.75) is 27.7 Å². The second kappa shape index (κ2) is 4.29. The SMILES string of the molecule is Cc1cccnc1NOC(=O)C(C)(C)C. The van der Waals surface area contributed by atoms with Crippen molar-refractivity contribution >= 4 is 11.8 Å². The van der Waals surface area contributed by atoms with E-state index < -0.39 is 5.41 Å². The molecule has 1 N–H and O–H groups in total. The van der Waals surface area contributed by atoms with Gasteiger partial charge in [-0.1, -0.05) is 6.07 Å². The third-order valence-corrected chi connectivity index (χ3v) is 1.86. The number of carbonyl (C=O) groups excluding carboxylic acids is 1. The van der Waals surface area contributed by atoms with E-state index >= 15 is 0 Å². The lowest BCUT2D eigenvalue weighted by molar-refractivity contribution is -0.149.